The molecule has 0 saturated carbocycles. The van der Waals surface area contributed by atoms with Crippen LogP contribution in [0.4, 0.5) is 0 Å². The molecule has 1 fully saturated rings. The summed E-state index contributed by atoms with van der Waals surface area (Å²) in [5.41, 5.74) is 1.10. The van der Waals surface area contributed by atoms with Crippen LogP contribution in [0.25, 0.3) is 0 Å². The summed E-state index contributed by atoms with van der Waals surface area (Å²) in [6.45, 7) is 2.29. The van der Waals surface area contributed by atoms with E-state index in [4.69, 9.17) is 0 Å². The van der Waals surface area contributed by atoms with E-state index in [9.17, 15) is 16.8 Å². The molecule has 0 amide bonds. The maximum Gasteiger partial charge on any atom is 0.243 e. The number of rotatable bonds is 5. The van der Waals surface area contributed by atoms with Crippen LogP contribution in [0.3, 0.4) is 0 Å². The molecule has 1 aliphatic heterocycles. The van der Waals surface area contributed by atoms with Crippen LogP contribution in [0.5, 0.6) is 0 Å². The molecule has 142 valence electrons. The first-order chi connectivity index (χ1) is 12.3. The highest BCUT2D eigenvalue weighted by Gasteiger charge is 2.36. The van der Waals surface area contributed by atoms with Crippen molar-refractivity contribution in [3.63, 3.8) is 0 Å². The second-order valence-corrected chi connectivity index (χ2v) is 11.7. The molecule has 0 N–H and O–H groups in total. The van der Waals surface area contributed by atoms with Gasteiger partial charge in [0.25, 0.3) is 0 Å². The Morgan fingerprint density at radius 2 is 1.88 bits per heavy atom. The topological polar surface area (TPSA) is 71.5 Å². The van der Waals surface area contributed by atoms with Crippen LogP contribution in [-0.4, -0.2) is 40.0 Å². The van der Waals surface area contributed by atoms with Crippen molar-refractivity contribution in [1.29, 1.82) is 0 Å². The van der Waals surface area contributed by atoms with Crippen molar-refractivity contribution in [3.05, 3.63) is 52.2 Å². The Kier molecular flexibility index (Phi) is 5.86. The zero-order valence-corrected chi connectivity index (χ0v) is 17.1. The molecule has 1 saturated heterocycles. The number of aryl methyl sites for hydroxylation is 1. The number of sulfonamides is 1. The standard InChI is InChI=1S/C18H23NO4S3/c1-2-4-15-6-8-16(9-7-15)26(22,23)19-11-10-18(17-5-3-13-24-17)25(20,21)14-12-19/h3,5-9,13,18H,2,4,10-12,14H2,1H3. The van der Waals surface area contributed by atoms with Gasteiger partial charge in [-0.05, 0) is 42.0 Å². The van der Waals surface area contributed by atoms with Gasteiger partial charge in [0, 0.05) is 18.0 Å². The van der Waals surface area contributed by atoms with Crippen LogP contribution in [0.2, 0.25) is 0 Å². The van der Waals surface area contributed by atoms with Crippen molar-refractivity contribution in [2.24, 2.45) is 0 Å². The van der Waals surface area contributed by atoms with Crippen molar-refractivity contribution in [3.8, 4) is 0 Å². The summed E-state index contributed by atoms with van der Waals surface area (Å²) in [5.74, 6) is -0.150. The summed E-state index contributed by atoms with van der Waals surface area (Å²) in [4.78, 5) is 1.01. The van der Waals surface area contributed by atoms with Gasteiger partial charge in [-0.3, -0.25) is 0 Å². The first kappa shape index (κ1) is 19.5. The molecule has 2 aromatic rings. The van der Waals surface area contributed by atoms with Crippen molar-refractivity contribution >= 4 is 31.2 Å². The van der Waals surface area contributed by atoms with Crippen molar-refractivity contribution in [2.45, 2.75) is 36.3 Å². The van der Waals surface area contributed by atoms with Crippen LogP contribution < -0.4 is 0 Å². The highest BCUT2D eigenvalue weighted by Crippen LogP contribution is 2.33. The molecule has 2 heterocycles. The molecule has 1 aliphatic rings. The summed E-state index contributed by atoms with van der Waals surface area (Å²) < 4.78 is 52.4. The number of sulfone groups is 1. The van der Waals surface area contributed by atoms with Gasteiger partial charge >= 0.3 is 0 Å². The molecule has 3 rings (SSSR count). The molecule has 0 bridgehead atoms. The third-order valence-corrected chi connectivity index (χ3v) is 9.82. The van der Waals surface area contributed by atoms with Gasteiger partial charge in [0.1, 0.15) is 0 Å². The quantitative estimate of drug-likeness (QED) is 0.754. The van der Waals surface area contributed by atoms with Crippen LogP contribution in [0, 0.1) is 0 Å². The lowest BCUT2D eigenvalue weighted by molar-refractivity contribution is 0.428. The minimum Gasteiger partial charge on any atom is -0.228 e. The Morgan fingerprint density at radius 3 is 2.50 bits per heavy atom. The summed E-state index contributed by atoms with van der Waals surface area (Å²) >= 11 is 1.41. The number of benzene rings is 1. The third kappa shape index (κ3) is 4.03. The van der Waals surface area contributed by atoms with E-state index in [1.807, 2.05) is 29.6 Å². The number of thiophene rings is 1. The van der Waals surface area contributed by atoms with Gasteiger partial charge in [-0.15, -0.1) is 11.3 Å². The maximum absolute atomic E-state index is 12.9. The minimum absolute atomic E-state index is 0.00323. The van der Waals surface area contributed by atoms with Gasteiger partial charge in [0.15, 0.2) is 9.84 Å². The lowest BCUT2D eigenvalue weighted by Gasteiger charge is -2.19. The molecule has 0 aliphatic carbocycles. The van der Waals surface area contributed by atoms with Crippen LogP contribution >= 0.6 is 11.3 Å². The van der Waals surface area contributed by atoms with E-state index in [1.54, 1.807) is 12.1 Å². The normalized spacial score (nSPS) is 21.3. The molecule has 26 heavy (non-hydrogen) atoms. The lowest BCUT2D eigenvalue weighted by atomic mass is 10.1. The van der Waals surface area contributed by atoms with Gasteiger partial charge in [0.05, 0.1) is 15.9 Å². The number of hydrogen-bond acceptors (Lipinski definition) is 5. The smallest absolute Gasteiger partial charge is 0.228 e. The van der Waals surface area contributed by atoms with E-state index in [-0.39, 0.29) is 30.2 Å². The molecule has 5 nitrogen and oxygen atoms in total. The predicted molar refractivity (Wildman–Crippen MR) is 105 cm³/mol. The third-order valence-electron chi connectivity index (χ3n) is 4.66. The van der Waals surface area contributed by atoms with E-state index in [1.165, 1.54) is 15.6 Å². The highest BCUT2D eigenvalue weighted by molar-refractivity contribution is 7.92. The van der Waals surface area contributed by atoms with Gasteiger partial charge < -0.3 is 0 Å². The van der Waals surface area contributed by atoms with Crippen molar-refractivity contribution in [2.75, 3.05) is 18.8 Å². The monoisotopic (exact) mass is 413 g/mol. The number of nitrogens with zero attached hydrogens (tertiary/aromatic N) is 1. The molecule has 1 unspecified atom stereocenters. The Hall–Kier alpha value is -1.22. The minimum atomic E-state index is -3.69. The molecule has 0 radical (unpaired) electrons. The Morgan fingerprint density at radius 1 is 1.15 bits per heavy atom. The SMILES string of the molecule is CCCc1ccc(S(=O)(=O)N2CCC(c3cccs3)S(=O)(=O)CC2)cc1. The fraction of sp³-hybridized carbons (Fsp3) is 0.444. The fourth-order valence-electron chi connectivity index (χ4n) is 3.22. The highest BCUT2D eigenvalue weighted by atomic mass is 32.2. The summed E-state index contributed by atoms with van der Waals surface area (Å²) in [6, 6.07) is 10.5. The second-order valence-electron chi connectivity index (χ2n) is 6.46. The first-order valence-electron chi connectivity index (χ1n) is 8.68. The van der Waals surface area contributed by atoms with Crippen LogP contribution in [0.1, 0.15) is 35.5 Å². The van der Waals surface area contributed by atoms with E-state index in [0.29, 0.717) is 0 Å². The van der Waals surface area contributed by atoms with Crippen LogP contribution in [-0.2, 0) is 26.3 Å². The average molecular weight is 414 g/mol. The first-order valence-corrected chi connectivity index (χ1v) is 12.7. The van der Waals surface area contributed by atoms with E-state index in [2.05, 4.69) is 6.92 Å². The summed E-state index contributed by atoms with van der Waals surface area (Å²) in [7, 11) is -7.06. The second kappa shape index (κ2) is 7.80. The number of hydrogen-bond donors (Lipinski definition) is 0. The predicted octanol–water partition coefficient (Wildman–Crippen LogP) is 3.25. The largest absolute Gasteiger partial charge is 0.243 e. The molecule has 1 aromatic heterocycles. The van der Waals surface area contributed by atoms with Gasteiger partial charge in [-0.1, -0.05) is 31.5 Å². The fourth-order valence-corrected chi connectivity index (χ4v) is 7.80. The van der Waals surface area contributed by atoms with E-state index < -0.39 is 25.1 Å². The Bertz CT molecular complexity index is 933. The van der Waals surface area contributed by atoms with E-state index >= 15 is 0 Å². The zero-order chi connectivity index (χ0) is 18.8. The van der Waals surface area contributed by atoms with Crippen molar-refractivity contribution in [1.82, 2.24) is 4.31 Å². The lowest BCUT2D eigenvalue weighted by Crippen LogP contribution is -2.33. The Labute approximate surface area is 159 Å². The molecule has 8 heteroatoms. The zero-order valence-electron chi connectivity index (χ0n) is 14.7. The van der Waals surface area contributed by atoms with Gasteiger partial charge in [-0.2, -0.15) is 4.31 Å². The van der Waals surface area contributed by atoms with Crippen LogP contribution in [0.15, 0.2) is 46.7 Å². The summed E-state index contributed by atoms with van der Waals surface area (Å²) in [6.07, 6.45) is 2.20. The van der Waals surface area contributed by atoms with Gasteiger partial charge in [0.2, 0.25) is 10.0 Å². The molecule has 1 atom stereocenters. The van der Waals surface area contributed by atoms with Crippen molar-refractivity contribution < 1.29 is 16.8 Å². The summed E-state index contributed by atoms with van der Waals surface area (Å²) in [5, 5.41) is 1.23. The molecule has 1 aromatic carbocycles. The molecular weight excluding hydrogens is 390 g/mol. The van der Waals surface area contributed by atoms with Gasteiger partial charge in [-0.25, -0.2) is 16.8 Å². The molecular formula is C18H23NO4S3. The molecule has 0 spiro atoms. The Balaban J connectivity index is 1.83. The van der Waals surface area contributed by atoms with E-state index in [0.717, 1.165) is 23.3 Å². The maximum atomic E-state index is 12.9. The average Bonchev–Trinajstić information content (AvgIpc) is 3.06.